The lowest BCUT2D eigenvalue weighted by Gasteiger charge is -2.28. The van der Waals surface area contributed by atoms with Crippen LogP contribution in [0.3, 0.4) is 0 Å². The maximum Gasteiger partial charge on any atom is 0.0106 e. The van der Waals surface area contributed by atoms with Crippen molar-refractivity contribution in [1.29, 1.82) is 0 Å². The van der Waals surface area contributed by atoms with Crippen LogP contribution in [0.25, 0.3) is 0 Å². The molecule has 0 amide bonds. The summed E-state index contributed by atoms with van der Waals surface area (Å²) in [5.74, 6) is 1.98. The van der Waals surface area contributed by atoms with Crippen molar-refractivity contribution >= 4 is 0 Å². The Kier molecular flexibility index (Phi) is 7.17. The molecule has 17 heavy (non-hydrogen) atoms. The molecule has 5 N–H and O–H groups in total. The van der Waals surface area contributed by atoms with Crippen molar-refractivity contribution < 1.29 is 0 Å². The summed E-state index contributed by atoms with van der Waals surface area (Å²) in [4.78, 5) is 0. The van der Waals surface area contributed by atoms with Crippen molar-refractivity contribution in [3.8, 4) is 0 Å². The summed E-state index contributed by atoms with van der Waals surface area (Å²) in [6.45, 7) is 5.81. The molecule has 1 aliphatic rings. The van der Waals surface area contributed by atoms with Crippen molar-refractivity contribution in [3.63, 3.8) is 0 Å². The van der Waals surface area contributed by atoms with E-state index in [0.29, 0.717) is 30.8 Å². The van der Waals surface area contributed by atoms with E-state index in [4.69, 9.17) is 11.5 Å². The Morgan fingerprint density at radius 1 is 1.18 bits per heavy atom. The van der Waals surface area contributed by atoms with Gasteiger partial charge in [-0.05, 0) is 37.1 Å². The van der Waals surface area contributed by atoms with E-state index in [1.165, 1.54) is 12.8 Å². The van der Waals surface area contributed by atoms with E-state index in [-0.39, 0.29) is 0 Å². The van der Waals surface area contributed by atoms with Crippen molar-refractivity contribution in [2.24, 2.45) is 29.2 Å². The van der Waals surface area contributed by atoms with Crippen LogP contribution in [0.1, 0.15) is 19.8 Å². The Hall–Kier alpha value is -0.640. The van der Waals surface area contributed by atoms with Crippen molar-refractivity contribution in [2.45, 2.75) is 19.8 Å². The fraction of sp³-hybridized carbons (Fsp3) is 0.714. The van der Waals surface area contributed by atoms with E-state index in [1.807, 2.05) is 0 Å². The first-order valence-electron chi connectivity index (χ1n) is 6.72. The molecule has 0 aliphatic carbocycles. The van der Waals surface area contributed by atoms with Gasteiger partial charge >= 0.3 is 0 Å². The lowest BCUT2D eigenvalue weighted by Crippen LogP contribution is -2.31. The van der Waals surface area contributed by atoms with Gasteiger partial charge in [-0.1, -0.05) is 31.2 Å². The molecule has 1 heterocycles. The Bertz CT molecular complexity index is 248. The second kappa shape index (κ2) is 8.45. The van der Waals surface area contributed by atoms with Crippen LogP contribution in [-0.2, 0) is 0 Å². The fourth-order valence-electron chi connectivity index (χ4n) is 2.53. The van der Waals surface area contributed by atoms with Gasteiger partial charge in [-0.25, -0.2) is 0 Å². The van der Waals surface area contributed by atoms with Crippen LogP contribution in [-0.4, -0.2) is 26.2 Å². The lowest BCUT2D eigenvalue weighted by atomic mass is 9.82. The molecule has 1 fully saturated rings. The molecular formula is C14H27N3. The summed E-state index contributed by atoms with van der Waals surface area (Å²) in [6.07, 6.45) is 11.2. The van der Waals surface area contributed by atoms with Crippen molar-refractivity contribution in [3.05, 3.63) is 24.3 Å². The Balaban J connectivity index is 2.55. The first-order chi connectivity index (χ1) is 8.27. The van der Waals surface area contributed by atoms with Crippen LogP contribution >= 0.6 is 0 Å². The van der Waals surface area contributed by atoms with Gasteiger partial charge in [-0.2, -0.15) is 0 Å². The molecule has 0 saturated carbocycles. The minimum atomic E-state index is 0.614. The van der Waals surface area contributed by atoms with Gasteiger partial charge in [0.15, 0.2) is 0 Å². The van der Waals surface area contributed by atoms with Crippen LogP contribution in [0.4, 0.5) is 0 Å². The van der Waals surface area contributed by atoms with Crippen LogP contribution < -0.4 is 16.8 Å². The Labute approximate surface area is 105 Å². The summed E-state index contributed by atoms with van der Waals surface area (Å²) in [5, 5.41) is 3.52. The molecule has 0 spiro atoms. The average Bonchev–Trinajstić information content (AvgIpc) is 2.31. The first kappa shape index (κ1) is 14.4. The molecule has 0 radical (unpaired) electrons. The Morgan fingerprint density at radius 2 is 1.88 bits per heavy atom. The number of nitrogens with two attached hydrogens (primary N) is 2. The standard InChI is InChI=1S/C14H27N3/c1-12-10-13(4-2-7-15)11-17-9-6-14(12)5-3-8-16/h2-5,12-14,17H,6-11,15-16H2,1H3/b4-2+,5-3+. The third-order valence-electron chi connectivity index (χ3n) is 3.53. The molecule has 3 atom stereocenters. The molecule has 1 rings (SSSR count). The predicted octanol–water partition coefficient (Wildman–Crippen LogP) is 1.27. The number of hydrogen-bond donors (Lipinski definition) is 3. The average molecular weight is 237 g/mol. The van der Waals surface area contributed by atoms with Gasteiger partial charge in [-0.15, -0.1) is 0 Å². The number of rotatable bonds is 4. The summed E-state index contributed by atoms with van der Waals surface area (Å²) in [5.41, 5.74) is 11.0. The van der Waals surface area contributed by atoms with E-state index in [0.717, 1.165) is 13.1 Å². The van der Waals surface area contributed by atoms with Gasteiger partial charge in [0.25, 0.3) is 0 Å². The SMILES string of the molecule is CC1CC(/C=C/CN)CNCCC1/C=C/CN. The maximum atomic E-state index is 5.53. The second-order valence-corrected chi connectivity index (χ2v) is 4.96. The summed E-state index contributed by atoms with van der Waals surface area (Å²) >= 11 is 0. The van der Waals surface area contributed by atoms with Gasteiger partial charge in [-0.3, -0.25) is 0 Å². The smallest absolute Gasteiger partial charge is 0.0106 e. The van der Waals surface area contributed by atoms with E-state index < -0.39 is 0 Å². The summed E-state index contributed by atoms with van der Waals surface area (Å²) in [7, 11) is 0. The third-order valence-corrected chi connectivity index (χ3v) is 3.53. The second-order valence-electron chi connectivity index (χ2n) is 4.96. The normalized spacial score (nSPS) is 31.8. The monoisotopic (exact) mass is 237 g/mol. The minimum absolute atomic E-state index is 0.614. The lowest BCUT2D eigenvalue weighted by molar-refractivity contribution is 0.304. The summed E-state index contributed by atoms with van der Waals surface area (Å²) < 4.78 is 0. The highest BCUT2D eigenvalue weighted by Crippen LogP contribution is 2.26. The molecule has 1 saturated heterocycles. The van der Waals surface area contributed by atoms with Gasteiger partial charge in [0.2, 0.25) is 0 Å². The molecule has 0 aromatic heterocycles. The van der Waals surface area contributed by atoms with Crippen LogP contribution in [0.2, 0.25) is 0 Å². The zero-order valence-corrected chi connectivity index (χ0v) is 10.9. The number of allylic oxidation sites excluding steroid dienone is 1. The molecular weight excluding hydrogens is 210 g/mol. The highest BCUT2D eigenvalue weighted by atomic mass is 14.9. The van der Waals surface area contributed by atoms with E-state index in [9.17, 15) is 0 Å². The van der Waals surface area contributed by atoms with Crippen molar-refractivity contribution in [2.75, 3.05) is 26.2 Å². The molecule has 1 aliphatic heterocycles. The summed E-state index contributed by atoms with van der Waals surface area (Å²) in [6, 6.07) is 0. The Morgan fingerprint density at radius 3 is 2.59 bits per heavy atom. The predicted molar refractivity (Wildman–Crippen MR) is 74.6 cm³/mol. The molecule has 0 bridgehead atoms. The van der Waals surface area contributed by atoms with Crippen LogP contribution in [0.5, 0.6) is 0 Å². The van der Waals surface area contributed by atoms with Gasteiger partial charge in [0.1, 0.15) is 0 Å². The van der Waals surface area contributed by atoms with Crippen LogP contribution in [0, 0.1) is 17.8 Å². The van der Waals surface area contributed by atoms with E-state index in [1.54, 1.807) is 0 Å². The highest BCUT2D eigenvalue weighted by Gasteiger charge is 2.20. The van der Waals surface area contributed by atoms with Crippen molar-refractivity contribution in [1.82, 2.24) is 5.32 Å². The van der Waals surface area contributed by atoms with Gasteiger partial charge in [0.05, 0.1) is 0 Å². The van der Waals surface area contributed by atoms with Gasteiger partial charge in [0, 0.05) is 19.6 Å². The third kappa shape index (κ3) is 5.48. The zero-order chi connectivity index (χ0) is 12.5. The topological polar surface area (TPSA) is 64.1 Å². The fourth-order valence-corrected chi connectivity index (χ4v) is 2.53. The minimum Gasteiger partial charge on any atom is -0.327 e. The van der Waals surface area contributed by atoms with E-state index in [2.05, 4.69) is 36.5 Å². The highest BCUT2D eigenvalue weighted by molar-refractivity contribution is 4.97. The first-order valence-corrected chi connectivity index (χ1v) is 6.72. The number of hydrogen-bond acceptors (Lipinski definition) is 3. The van der Waals surface area contributed by atoms with Gasteiger partial charge < -0.3 is 16.8 Å². The molecule has 3 unspecified atom stereocenters. The number of nitrogens with one attached hydrogen (secondary N) is 1. The maximum absolute atomic E-state index is 5.53. The largest absolute Gasteiger partial charge is 0.327 e. The molecule has 0 aromatic rings. The molecule has 98 valence electrons. The van der Waals surface area contributed by atoms with E-state index >= 15 is 0 Å². The molecule has 3 heteroatoms. The zero-order valence-electron chi connectivity index (χ0n) is 10.9. The quantitative estimate of drug-likeness (QED) is 0.645. The van der Waals surface area contributed by atoms with Crippen LogP contribution in [0.15, 0.2) is 24.3 Å². The molecule has 0 aromatic carbocycles. The molecule has 3 nitrogen and oxygen atoms in total.